The number of aromatic nitrogens is 4. The van der Waals surface area contributed by atoms with Gasteiger partial charge in [0.25, 0.3) is 0 Å². The van der Waals surface area contributed by atoms with E-state index in [1.54, 1.807) is 0 Å². The van der Waals surface area contributed by atoms with Gasteiger partial charge in [-0.1, -0.05) is 129 Å². The van der Waals surface area contributed by atoms with Gasteiger partial charge in [0, 0.05) is 38.9 Å². The van der Waals surface area contributed by atoms with Gasteiger partial charge in [0.05, 0.1) is 38.8 Å². The lowest BCUT2D eigenvalue weighted by Gasteiger charge is -2.45. The minimum absolute atomic E-state index is 0.0000127. The number of hydrogen-bond acceptors (Lipinski definition) is 2. The minimum atomic E-state index is -0.267. The Labute approximate surface area is 335 Å². The van der Waals surface area contributed by atoms with Gasteiger partial charge in [0.15, 0.2) is 0 Å². The van der Waals surface area contributed by atoms with Crippen LogP contribution in [0.25, 0.3) is 61.0 Å². The van der Waals surface area contributed by atoms with Crippen molar-refractivity contribution < 1.29 is 0 Å². The van der Waals surface area contributed by atoms with Crippen molar-refractivity contribution in [2.75, 3.05) is 4.90 Å². The summed E-state index contributed by atoms with van der Waals surface area (Å²) in [5.41, 5.74) is 19.1. The maximum absolute atomic E-state index is 5.33. The van der Waals surface area contributed by atoms with Crippen LogP contribution in [0, 0.1) is 0 Å². The van der Waals surface area contributed by atoms with Crippen LogP contribution in [0.4, 0.5) is 17.1 Å². The molecule has 3 aromatic heterocycles. The molecule has 0 spiro atoms. The van der Waals surface area contributed by atoms with Gasteiger partial charge in [-0.3, -0.25) is 8.97 Å². The SMILES string of the molecule is CC1(C)c2cc3c(cc2B2c4ccc5c(c4N(c4ccccc4)c4cccc1c42)n(-c1ccccc1)c1nc2ccccc2n51)c1ccccc1n3-c1ccccc1. The van der Waals surface area contributed by atoms with Gasteiger partial charge in [-0.25, -0.2) is 4.98 Å². The first kappa shape index (κ1) is 31.9. The Morgan fingerprint density at radius 3 is 1.90 bits per heavy atom. The van der Waals surface area contributed by atoms with Crippen molar-refractivity contribution in [2.45, 2.75) is 19.3 Å². The summed E-state index contributed by atoms with van der Waals surface area (Å²) < 4.78 is 7.20. The van der Waals surface area contributed by atoms with Gasteiger partial charge < -0.3 is 9.47 Å². The first-order valence-corrected chi connectivity index (χ1v) is 20.2. The summed E-state index contributed by atoms with van der Waals surface area (Å²) in [6.07, 6.45) is 0. The number of hydrogen-bond donors (Lipinski definition) is 0. The Balaban J connectivity index is 1.20. The van der Waals surface area contributed by atoms with Crippen molar-refractivity contribution in [3.05, 3.63) is 193 Å². The fraction of sp³-hybridized carbons (Fsp3) is 0.0577. The smallest absolute Gasteiger partial charge is 0.247 e. The largest absolute Gasteiger partial charge is 0.309 e. The monoisotopic (exact) mass is 741 g/mol. The standard InChI is InChI=1S/C52H36BN5/c1-52(2)38-24-16-28-45-48(38)53(41-31-37-36-23-12-14-26-43(36)55(47(37)32-39(41)52)33-17-6-3-7-18-33)40-29-30-46-50(49(40)56(45)34-19-8-4-9-20-34)57(35-21-10-5-11-22-35)51-54-42-25-13-15-27-44(42)58(46)51/h3-32H,1-2H3. The predicted octanol–water partition coefficient (Wildman–Crippen LogP) is 10.5. The molecule has 0 N–H and O–H groups in total. The molecule has 272 valence electrons. The van der Waals surface area contributed by atoms with E-state index in [0.717, 1.165) is 39.2 Å². The first-order chi connectivity index (χ1) is 28.6. The second-order valence-electron chi connectivity index (χ2n) is 16.4. The number of anilines is 3. The third kappa shape index (κ3) is 4.03. The van der Waals surface area contributed by atoms with Crippen LogP contribution in [0.1, 0.15) is 25.0 Å². The summed E-state index contributed by atoms with van der Waals surface area (Å²) in [5, 5.41) is 2.55. The third-order valence-electron chi connectivity index (χ3n) is 13.1. The molecular weight excluding hydrogens is 705 g/mol. The van der Waals surface area contributed by atoms with E-state index >= 15 is 0 Å². The van der Waals surface area contributed by atoms with Crippen LogP contribution in [-0.4, -0.2) is 25.2 Å². The van der Waals surface area contributed by atoms with Crippen LogP contribution < -0.4 is 21.3 Å². The summed E-state index contributed by atoms with van der Waals surface area (Å²) in [7, 11) is 0. The highest BCUT2D eigenvalue weighted by atomic mass is 15.2. The first-order valence-electron chi connectivity index (χ1n) is 20.2. The van der Waals surface area contributed by atoms with Crippen LogP contribution in [0.15, 0.2) is 182 Å². The zero-order valence-electron chi connectivity index (χ0n) is 32.1. The minimum Gasteiger partial charge on any atom is -0.309 e. The molecule has 11 aromatic rings. The van der Waals surface area contributed by atoms with E-state index in [1.807, 2.05) is 0 Å². The van der Waals surface area contributed by atoms with Gasteiger partial charge in [0.2, 0.25) is 12.5 Å². The second kappa shape index (κ2) is 11.4. The molecule has 58 heavy (non-hydrogen) atoms. The van der Waals surface area contributed by atoms with Crippen LogP contribution in [-0.2, 0) is 5.41 Å². The summed E-state index contributed by atoms with van der Waals surface area (Å²) in [5.74, 6) is 0.906. The molecule has 8 aromatic carbocycles. The van der Waals surface area contributed by atoms with Gasteiger partial charge in [-0.05, 0) is 94.8 Å². The molecule has 0 atom stereocenters. The molecule has 0 bridgehead atoms. The lowest BCUT2D eigenvalue weighted by atomic mass is 9.30. The van der Waals surface area contributed by atoms with E-state index < -0.39 is 0 Å². The molecule has 5 nitrogen and oxygen atoms in total. The molecule has 0 aliphatic carbocycles. The molecule has 0 radical (unpaired) electrons. The number of benzene rings is 8. The highest BCUT2D eigenvalue weighted by molar-refractivity contribution is 6.99. The quantitative estimate of drug-likeness (QED) is 0.169. The molecule has 2 aliphatic heterocycles. The Hall–Kier alpha value is -7.31. The highest BCUT2D eigenvalue weighted by Gasteiger charge is 2.47. The zero-order valence-corrected chi connectivity index (χ0v) is 32.1. The Bertz CT molecular complexity index is 3490. The number of nitrogens with zero attached hydrogens (tertiary/aromatic N) is 5. The Kier molecular flexibility index (Phi) is 6.26. The molecule has 6 heteroatoms. The van der Waals surface area contributed by atoms with Crippen LogP contribution >= 0.6 is 0 Å². The fourth-order valence-corrected chi connectivity index (χ4v) is 10.6. The van der Waals surface area contributed by atoms with Crippen LogP contribution in [0.5, 0.6) is 0 Å². The average Bonchev–Trinajstić information content (AvgIpc) is 3.92. The molecule has 2 aliphatic rings. The lowest BCUT2D eigenvalue weighted by Crippen LogP contribution is -2.64. The Morgan fingerprint density at radius 1 is 0.483 bits per heavy atom. The van der Waals surface area contributed by atoms with E-state index in [2.05, 4.69) is 214 Å². The summed E-state index contributed by atoms with van der Waals surface area (Å²) in [6, 6.07) is 66.7. The number of rotatable bonds is 3. The average molecular weight is 742 g/mol. The van der Waals surface area contributed by atoms with Crippen molar-refractivity contribution in [1.82, 2.24) is 18.5 Å². The number of para-hydroxylation sites is 6. The molecule has 0 amide bonds. The molecule has 0 saturated heterocycles. The summed E-state index contributed by atoms with van der Waals surface area (Å²) >= 11 is 0. The normalized spacial score (nSPS) is 14.1. The highest BCUT2D eigenvalue weighted by Crippen LogP contribution is 2.47. The van der Waals surface area contributed by atoms with Gasteiger partial charge in [0.1, 0.15) is 0 Å². The lowest BCUT2D eigenvalue weighted by molar-refractivity contribution is 0.646. The Morgan fingerprint density at radius 2 is 1.14 bits per heavy atom. The van der Waals surface area contributed by atoms with E-state index in [-0.39, 0.29) is 12.1 Å². The zero-order chi connectivity index (χ0) is 38.3. The van der Waals surface area contributed by atoms with Crippen LogP contribution in [0.2, 0.25) is 0 Å². The van der Waals surface area contributed by atoms with Crippen molar-refractivity contribution in [3.63, 3.8) is 0 Å². The summed E-state index contributed by atoms with van der Waals surface area (Å²) in [4.78, 5) is 7.87. The van der Waals surface area contributed by atoms with Crippen molar-refractivity contribution in [1.29, 1.82) is 0 Å². The molecule has 0 unspecified atom stereocenters. The van der Waals surface area contributed by atoms with Crippen molar-refractivity contribution >= 4 is 89.8 Å². The van der Waals surface area contributed by atoms with Crippen molar-refractivity contribution in [3.8, 4) is 11.4 Å². The van der Waals surface area contributed by atoms with Gasteiger partial charge >= 0.3 is 0 Å². The van der Waals surface area contributed by atoms with Gasteiger partial charge in [-0.2, -0.15) is 0 Å². The molecule has 0 fully saturated rings. The van der Waals surface area contributed by atoms with Crippen molar-refractivity contribution in [2.24, 2.45) is 0 Å². The maximum Gasteiger partial charge on any atom is 0.247 e. The molecule has 5 heterocycles. The third-order valence-corrected chi connectivity index (χ3v) is 13.1. The van der Waals surface area contributed by atoms with E-state index in [1.165, 1.54) is 66.4 Å². The van der Waals surface area contributed by atoms with Crippen LogP contribution in [0.3, 0.4) is 0 Å². The van der Waals surface area contributed by atoms with E-state index in [9.17, 15) is 0 Å². The molecule has 0 saturated carbocycles. The molecule has 13 rings (SSSR count). The maximum atomic E-state index is 5.33. The second-order valence-corrected chi connectivity index (χ2v) is 16.4. The fourth-order valence-electron chi connectivity index (χ4n) is 10.6. The van der Waals surface area contributed by atoms with E-state index in [0.29, 0.717) is 0 Å². The van der Waals surface area contributed by atoms with Gasteiger partial charge in [-0.15, -0.1) is 0 Å². The molecular formula is C52H36BN5. The summed E-state index contributed by atoms with van der Waals surface area (Å²) in [6.45, 7) is 4.84. The number of fused-ring (bicyclic) bond motifs is 13. The number of imidazole rings is 2. The van der Waals surface area contributed by atoms with E-state index in [4.69, 9.17) is 4.98 Å². The topological polar surface area (TPSA) is 30.4 Å². The predicted molar refractivity (Wildman–Crippen MR) is 242 cm³/mol.